The van der Waals surface area contributed by atoms with Gasteiger partial charge in [0.05, 0.1) is 10.7 Å². The van der Waals surface area contributed by atoms with Gasteiger partial charge >= 0.3 is 0 Å². The Morgan fingerprint density at radius 3 is 2.36 bits per heavy atom. The standard InChI is InChI=1S/C20H18BrCl2N3O2/c1-20(2,3)24-19(28)16-18(27)17(11-4-7-13(22)8-5-11)26(25-16)15-9-6-12(21)10-14(15)23/h4-10,27H,1-3H3,(H,24,28). The lowest BCUT2D eigenvalue weighted by atomic mass is 10.1. The number of hydrogen-bond acceptors (Lipinski definition) is 3. The lowest BCUT2D eigenvalue weighted by Gasteiger charge is -2.19. The zero-order valence-corrected chi connectivity index (χ0v) is 18.5. The van der Waals surface area contributed by atoms with Crippen LogP contribution < -0.4 is 5.32 Å². The molecule has 3 aromatic rings. The van der Waals surface area contributed by atoms with Gasteiger partial charge < -0.3 is 10.4 Å². The molecule has 0 aliphatic rings. The molecule has 28 heavy (non-hydrogen) atoms. The van der Waals surface area contributed by atoms with Crippen molar-refractivity contribution in [2.24, 2.45) is 0 Å². The van der Waals surface area contributed by atoms with Gasteiger partial charge in [0.15, 0.2) is 11.4 Å². The van der Waals surface area contributed by atoms with Gasteiger partial charge in [-0.05, 0) is 51.1 Å². The second-order valence-corrected chi connectivity index (χ2v) is 9.02. The van der Waals surface area contributed by atoms with Gasteiger partial charge in [-0.3, -0.25) is 4.79 Å². The van der Waals surface area contributed by atoms with E-state index in [-0.39, 0.29) is 11.4 Å². The predicted molar refractivity (Wildman–Crippen MR) is 116 cm³/mol. The molecule has 0 bridgehead atoms. The third-order valence-corrected chi connectivity index (χ3v) is 4.87. The summed E-state index contributed by atoms with van der Waals surface area (Å²) in [5.41, 5.74) is 0.949. The minimum atomic E-state index is -0.483. The molecule has 0 radical (unpaired) electrons. The molecule has 1 heterocycles. The molecular formula is C20H18BrCl2N3O2. The van der Waals surface area contributed by atoms with Crippen LogP contribution in [-0.2, 0) is 0 Å². The number of carbonyl (C=O) groups excluding carboxylic acids is 1. The summed E-state index contributed by atoms with van der Waals surface area (Å²) in [6.45, 7) is 5.56. The van der Waals surface area contributed by atoms with Gasteiger partial charge in [0.25, 0.3) is 5.91 Å². The molecule has 1 amide bonds. The fourth-order valence-corrected chi connectivity index (χ4v) is 3.54. The van der Waals surface area contributed by atoms with Crippen molar-refractivity contribution >= 4 is 45.0 Å². The van der Waals surface area contributed by atoms with Gasteiger partial charge in [-0.15, -0.1) is 0 Å². The third kappa shape index (κ3) is 4.35. The van der Waals surface area contributed by atoms with E-state index < -0.39 is 11.4 Å². The van der Waals surface area contributed by atoms with Crippen LogP contribution in [0.15, 0.2) is 46.9 Å². The Kier molecular flexibility index (Phi) is 5.75. The van der Waals surface area contributed by atoms with Crippen LogP contribution in [0.25, 0.3) is 16.9 Å². The molecule has 1 aromatic heterocycles. The van der Waals surface area contributed by atoms with Crippen LogP contribution >= 0.6 is 39.1 Å². The predicted octanol–water partition coefficient (Wildman–Crippen LogP) is 5.84. The summed E-state index contributed by atoms with van der Waals surface area (Å²) in [5, 5.41) is 19.0. The summed E-state index contributed by atoms with van der Waals surface area (Å²) in [6, 6.07) is 12.2. The summed E-state index contributed by atoms with van der Waals surface area (Å²) in [5.74, 6) is -0.713. The van der Waals surface area contributed by atoms with Gasteiger partial charge in [-0.25, -0.2) is 4.68 Å². The van der Waals surface area contributed by atoms with E-state index in [1.165, 1.54) is 4.68 Å². The van der Waals surface area contributed by atoms with E-state index >= 15 is 0 Å². The van der Waals surface area contributed by atoms with E-state index in [0.29, 0.717) is 27.0 Å². The van der Waals surface area contributed by atoms with Gasteiger partial charge in [0.2, 0.25) is 0 Å². The maximum Gasteiger partial charge on any atom is 0.276 e. The fraction of sp³-hybridized carbons (Fsp3) is 0.200. The molecule has 0 unspecified atom stereocenters. The smallest absolute Gasteiger partial charge is 0.276 e. The molecule has 5 nitrogen and oxygen atoms in total. The number of benzene rings is 2. The van der Waals surface area contributed by atoms with Crippen molar-refractivity contribution in [3.05, 3.63) is 62.7 Å². The number of nitrogens with one attached hydrogen (secondary N) is 1. The Morgan fingerprint density at radius 2 is 1.79 bits per heavy atom. The second kappa shape index (κ2) is 7.78. The maximum absolute atomic E-state index is 12.7. The Balaban J connectivity index is 2.23. The van der Waals surface area contributed by atoms with Crippen molar-refractivity contribution in [1.82, 2.24) is 15.1 Å². The van der Waals surface area contributed by atoms with Gasteiger partial charge in [0.1, 0.15) is 5.69 Å². The van der Waals surface area contributed by atoms with Crippen molar-refractivity contribution in [1.29, 1.82) is 0 Å². The summed E-state index contributed by atoms with van der Waals surface area (Å²) >= 11 is 15.8. The van der Waals surface area contributed by atoms with Crippen LogP contribution in [0.5, 0.6) is 5.75 Å². The first-order valence-corrected chi connectivity index (χ1v) is 9.97. The number of aromatic nitrogens is 2. The monoisotopic (exact) mass is 481 g/mol. The van der Waals surface area contributed by atoms with Crippen LogP contribution in [0.1, 0.15) is 31.3 Å². The highest BCUT2D eigenvalue weighted by Gasteiger charge is 2.27. The van der Waals surface area contributed by atoms with Gasteiger partial charge in [-0.2, -0.15) is 5.10 Å². The van der Waals surface area contributed by atoms with Crippen molar-refractivity contribution in [3.8, 4) is 22.7 Å². The molecule has 0 aliphatic carbocycles. The van der Waals surface area contributed by atoms with Crippen molar-refractivity contribution in [2.75, 3.05) is 0 Å². The summed E-state index contributed by atoms with van der Waals surface area (Å²) in [7, 11) is 0. The Hall–Kier alpha value is -2.02. The molecule has 8 heteroatoms. The van der Waals surface area contributed by atoms with Crippen LogP contribution in [0.4, 0.5) is 0 Å². The first kappa shape index (κ1) is 20.7. The Morgan fingerprint density at radius 1 is 1.14 bits per heavy atom. The highest BCUT2D eigenvalue weighted by Crippen LogP contribution is 2.37. The number of nitrogens with zero attached hydrogens (tertiary/aromatic N) is 2. The molecule has 0 fully saturated rings. The summed E-state index contributed by atoms with van der Waals surface area (Å²) < 4.78 is 2.27. The molecule has 0 atom stereocenters. The Labute approximate surface area is 181 Å². The highest BCUT2D eigenvalue weighted by atomic mass is 79.9. The van der Waals surface area contributed by atoms with Crippen LogP contribution in [0.3, 0.4) is 0 Å². The van der Waals surface area contributed by atoms with Crippen LogP contribution in [0.2, 0.25) is 10.0 Å². The first-order chi connectivity index (χ1) is 13.1. The lowest BCUT2D eigenvalue weighted by Crippen LogP contribution is -2.40. The van der Waals surface area contributed by atoms with Gasteiger partial charge in [-0.1, -0.05) is 51.3 Å². The van der Waals surface area contributed by atoms with Crippen LogP contribution in [-0.4, -0.2) is 26.3 Å². The van der Waals surface area contributed by atoms with Crippen molar-refractivity contribution < 1.29 is 9.90 Å². The largest absolute Gasteiger partial charge is 0.504 e. The van der Waals surface area contributed by atoms with Crippen LogP contribution in [0, 0.1) is 0 Å². The fourth-order valence-electron chi connectivity index (χ4n) is 2.66. The van der Waals surface area contributed by atoms with Crippen molar-refractivity contribution in [3.63, 3.8) is 0 Å². The molecule has 2 aromatic carbocycles. The van der Waals surface area contributed by atoms with E-state index in [9.17, 15) is 9.90 Å². The molecule has 0 aliphatic heterocycles. The number of carbonyl (C=O) groups is 1. The van der Waals surface area contributed by atoms with E-state index in [2.05, 4.69) is 26.3 Å². The average Bonchev–Trinajstić information content (AvgIpc) is 2.91. The lowest BCUT2D eigenvalue weighted by molar-refractivity contribution is 0.0911. The summed E-state index contributed by atoms with van der Waals surface area (Å²) in [6.07, 6.45) is 0. The normalized spacial score (nSPS) is 11.5. The maximum atomic E-state index is 12.7. The topological polar surface area (TPSA) is 67.2 Å². The van der Waals surface area contributed by atoms with E-state index in [1.807, 2.05) is 20.8 Å². The molecule has 146 valence electrons. The van der Waals surface area contributed by atoms with E-state index in [4.69, 9.17) is 23.2 Å². The zero-order chi connectivity index (χ0) is 20.6. The third-order valence-electron chi connectivity index (χ3n) is 3.82. The van der Waals surface area contributed by atoms with Gasteiger partial charge in [0, 0.05) is 20.6 Å². The SMILES string of the molecule is CC(C)(C)NC(=O)c1nn(-c2ccc(Br)cc2Cl)c(-c2ccc(Cl)cc2)c1O. The van der Waals surface area contributed by atoms with E-state index in [1.54, 1.807) is 42.5 Å². The second-order valence-electron chi connectivity index (χ2n) is 7.26. The quantitative estimate of drug-likeness (QED) is 0.492. The number of hydrogen-bond donors (Lipinski definition) is 2. The molecule has 2 N–H and O–H groups in total. The number of amides is 1. The molecular weight excluding hydrogens is 465 g/mol. The number of halogens is 3. The number of aromatic hydroxyl groups is 1. The minimum Gasteiger partial charge on any atom is -0.504 e. The molecule has 0 saturated heterocycles. The summed E-state index contributed by atoms with van der Waals surface area (Å²) in [4.78, 5) is 12.7. The highest BCUT2D eigenvalue weighted by molar-refractivity contribution is 9.10. The molecule has 3 rings (SSSR count). The minimum absolute atomic E-state index is 0.0844. The zero-order valence-electron chi connectivity index (χ0n) is 15.4. The van der Waals surface area contributed by atoms with Crippen molar-refractivity contribution in [2.45, 2.75) is 26.3 Å². The molecule has 0 saturated carbocycles. The number of rotatable bonds is 3. The molecule has 0 spiro atoms. The Bertz CT molecular complexity index is 1040. The first-order valence-electron chi connectivity index (χ1n) is 8.42. The average molecular weight is 483 g/mol. The van der Waals surface area contributed by atoms with E-state index in [0.717, 1.165) is 4.47 Å².